The third-order valence-electron chi connectivity index (χ3n) is 2.18. The maximum Gasteiger partial charge on any atom is 0.332 e. The van der Waals surface area contributed by atoms with Crippen LogP contribution in [-0.4, -0.2) is 18.6 Å². The molecule has 1 aromatic carbocycles. The molecule has 114 valence electrons. The highest BCUT2D eigenvalue weighted by atomic mass is 35.5. The third-order valence-corrected chi connectivity index (χ3v) is 2.40. The Balaban J connectivity index is 2.73. The molecule has 2 N–H and O–H groups in total. The largest absolute Gasteiger partial charge is 0.463 e. The van der Waals surface area contributed by atoms with Crippen molar-refractivity contribution in [3.8, 4) is 0 Å². The van der Waals surface area contributed by atoms with Crippen LogP contribution in [0.1, 0.15) is 13.8 Å². The van der Waals surface area contributed by atoms with Crippen molar-refractivity contribution in [3.63, 3.8) is 0 Å². The van der Waals surface area contributed by atoms with Gasteiger partial charge in [0.2, 0.25) is 0 Å². The predicted octanol–water partition coefficient (Wildman–Crippen LogP) is 3.21. The first-order valence-electron chi connectivity index (χ1n) is 5.91. The number of rotatable bonds is 4. The van der Waals surface area contributed by atoms with Gasteiger partial charge in [-0.25, -0.2) is 18.4 Å². The zero-order valence-electron chi connectivity index (χ0n) is 11.3. The Morgan fingerprint density at radius 1 is 1.33 bits per heavy atom. The zero-order chi connectivity index (χ0) is 16.0. The van der Waals surface area contributed by atoms with E-state index in [1.807, 2.05) is 5.32 Å². The topological polar surface area (TPSA) is 67.4 Å². The molecule has 0 aliphatic heterocycles. The van der Waals surface area contributed by atoms with Gasteiger partial charge in [0, 0.05) is 16.8 Å². The Morgan fingerprint density at radius 3 is 2.43 bits per heavy atom. The summed E-state index contributed by atoms with van der Waals surface area (Å²) in [5, 5.41) is 4.09. The number of urea groups is 1. The van der Waals surface area contributed by atoms with Crippen LogP contribution < -0.4 is 10.6 Å². The first-order valence-corrected chi connectivity index (χ1v) is 6.29. The lowest BCUT2D eigenvalue weighted by Gasteiger charge is -2.09. The molecule has 1 rings (SSSR count). The van der Waals surface area contributed by atoms with E-state index in [9.17, 15) is 18.4 Å². The number of hydrogen-bond donors (Lipinski definition) is 2. The SMILES string of the molecule is CCOC(=O)/C=C(\C)NC(=O)Nc1c(F)cc(Cl)cc1F. The summed E-state index contributed by atoms with van der Waals surface area (Å²) in [6.45, 7) is 3.24. The molecule has 0 aromatic heterocycles. The van der Waals surface area contributed by atoms with Gasteiger partial charge in [-0.3, -0.25) is 0 Å². The Hall–Kier alpha value is -2.15. The molecule has 0 spiro atoms. The van der Waals surface area contributed by atoms with Crippen molar-refractivity contribution in [3.05, 3.63) is 40.6 Å². The van der Waals surface area contributed by atoms with Crippen LogP contribution in [-0.2, 0) is 9.53 Å². The van der Waals surface area contributed by atoms with Crippen LogP contribution in [0.3, 0.4) is 0 Å². The molecule has 1 aromatic rings. The van der Waals surface area contributed by atoms with Gasteiger partial charge in [-0.05, 0) is 26.0 Å². The van der Waals surface area contributed by atoms with E-state index in [4.69, 9.17) is 11.6 Å². The highest BCUT2D eigenvalue weighted by Gasteiger charge is 2.14. The number of esters is 1. The quantitative estimate of drug-likeness (QED) is 0.661. The monoisotopic (exact) mass is 318 g/mol. The number of ether oxygens (including phenoxy) is 1. The number of amides is 2. The van der Waals surface area contributed by atoms with Crippen LogP contribution in [0.15, 0.2) is 23.9 Å². The van der Waals surface area contributed by atoms with Crippen LogP contribution in [0.2, 0.25) is 5.02 Å². The van der Waals surface area contributed by atoms with Crippen molar-refractivity contribution in [1.29, 1.82) is 0 Å². The second-order valence-electron chi connectivity index (χ2n) is 3.90. The van der Waals surface area contributed by atoms with Gasteiger partial charge in [-0.1, -0.05) is 11.6 Å². The van der Waals surface area contributed by atoms with Crippen LogP contribution in [0.4, 0.5) is 19.3 Å². The minimum absolute atomic E-state index is 0.130. The first-order chi connectivity index (χ1) is 9.83. The number of benzene rings is 1. The van der Waals surface area contributed by atoms with Gasteiger partial charge in [0.15, 0.2) is 11.6 Å². The molecule has 0 unspecified atom stereocenters. The third kappa shape index (κ3) is 5.39. The van der Waals surface area contributed by atoms with Crippen LogP contribution >= 0.6 is 11.6 Å². The number of carbonyl (C=O) groups is 2. The summed E-state index contributed by atoms with van der Waals surface area (Å²) < 4.78 is 31.6. The average Bonchev–Trinajstić information content (AvgIpc) is 2.33. The lowest BCUT2D eigenvalue weighted by Crippen LogP contribution is -2.28. The summed E-state index contributed by atoms with van der Waals surface area (Å²) in [7, 11) is 0. The lowest BCUT2D eigenvalue weighted by atomic mass is 10.3. The fourth-order valence-electron chi connectivity index (χ4n) is 1.38. The molecule has 21 heavy (non-hydrogen) atoms. The standard InChI is InChI=1S/C13H13ClF2N2O3/c1-3-21-11(19)4-7(2)17-13(20)18-12-9(15)5-8(14)6-10(12)16/h4-6H,3H2,1-2H3,(H2,17,18,20)/b7-4+. The molecule has 0 aliphatic rings. The number of nitrogens with one attached hydrogen (secondary N) is 2. The minimum atomic E-state index is -1.01. The van der Waals surface area contributed by atoms with Crippen LogP contribution in [0.5, 0.6) is 0 Å². The molecule has 5 nitrogen and oxygen atoms in total. The van der Waals surface area contributed by atoms with Gasteiger partial charge in [-0.15, -0.1) is 0 Å². The lowest BCUT2D eigenvalue weighted by molar-refractivity contribution is -0.137. The summed E-state index contributed by atoms with van der Waals surface area (Å²) in [6, 6.07) is 0.816. The van der Waals surface area contributed by atoms with Gasteiger partial charge in [0.1, 0.15) is 5.69 Å². The molecule has 0 radical (unpaired) electrons. The number of carbonyl (C=O) groups excluding carboxylic acids is 2. The molecular formula is C13H13ClF2N2O3. The fourth-order valence-corrected chi connectivity index (χ4v) is 1.57. The Kier molecular flexibility index (Phi) is 6.10. The second kappa shape index (κ2) is 7.58. The number of halogens is 3. The second-order valence-corrected chi connectivity index (χ2v) is 4.34. The van der Waals surface area contributed by atoms with Crippen molar-refractivity contribution < 1.29 is 23.1 Å². The van der Waals surface area contributed by atoms with E-state index >= 15 is 0 Å². The molecule has 0 saturated carbocycles. The Labute approximate surface area is 124 Å². The highest BCUT2D eigenvalue weighted by molar-refractivity contribution is 6.30. The summed E-state index contributed by atoms with van der Waals surface area (Å²) >= 11 is 5.46. The van der Waals surface area contributed by atoms with Crippen molar-refractivity contribution in [2.24, 2.45) is 0 Å². The molecule has 0 fully saturated rings. The summed E-state index contributed by atoms with van der Waals surface area (Å²) in [5.41, 5.74) is -0.485. The van der Waals surface area contributed by atoms with Crippen molar-refractivity contribution in [1.82, 2.24) is 5.32 Å². The Morgan fingerprint density at radius 2 is 1.90 bits per heavy atom. The molecule has 0 aliphatic carbocycles. The molecule has 8 heteroatoms. The molecule has 0 bridgehead atoms. The zero-order valence-corrected chi connectivity index (χ0v) is 12.1. The van der Waals surface area contributed by atoms with Crippen LogP contribution in [0.25, 0.3) is 0 Å². The highest BCUT2D eigenvalue weighted by Crippen LogP contribution is 2.23. The fraction of sp³-hybridized carbons (Fsp3) is 0.231. The van der Waals surface area contributed by atoms with Crippen molar-refractivity contribution in [2.45, 2.75) is 13.8 Å². The number of allylic oxidation sites excluding steroid dienone is 1. The van der Waals surface area contributed by atoms with E-state index in [2.05, 4.69) is 10.1 Å². The van der Waals surface area contributed by atoms with Crippen LogP contribution in [0, 0.1) is 11.6 Å². The summed E-state index contributed by atoms with van der Waals surface area (Å²) in [5.74, 6) is -2.66. The van der Waals surface area contributed by atoms with Gasteiger partial charge < -0.3 is 15.4 Å². The van der Waals surface area contributed by atoms with Gasteiger partial charge in [0.25, 0.3) is 0 Å². The maximum atomic E-state index is 13.5. The predicted molar refractivity (Wildman–Crippen MR) is 73.9 cm³/mol. The number of hydrogen-bond acceptors (Lipinski definition) is 3. The average molecular weight is 319 g/mol. The first kappa shape index (κ1) is 16.9. The number of anilines is 1. The summed E-state index contributed by atoms with van der Waals surface area (Å²) in [6.07, 6.45) is 1.04. The molecule has 0 heterocycles. The maximum absolute atomic E-state index is 13.5. The molecule has 2 amide bonds. The van der Waals surface area contributed by atoms with E-state index in [1.54, 1.807) is 6.92 Å². The van der Waals surface area contributed by atoms with E-state index in [-0.39, 0.29) is 17.3 Å². The van der Waals surface area contributed by atoms with Gasteiger partial charge in [0.05, 0.1) is 6.61 Å². The molecule has 0 saturated heterocycles. The summed E-state index contributed by atoms with van der Waals surface area (Å²) in [4.78, 5) is 22.7. The molecule has 0 atom stereocenters. The smallest absolute Gasteiger partial charge is 0.332 e. The van der Waals surface area contributed by atoms with E-state index in [0.29, 0.717) is 0 Å². The molecular weight excluding hydrogens is 306 g/mol. The van der Waals surface area contributed by atoms with E-state index in [1.165, 1.54) is 6.92 Å². The van der Waals surface area contributed by atoms with Gasteiger partial charge in [-0.2, -0.15) is 0 Å². The van der Waals surface area contributed by atoms with Crippen molar-refractivity contribution >= 4 is 29.3 Å². The minimum Gasteiger partial charge on any atom is -0.463 e. The normalized spacial score (nSPS) is 11.0. The van der Waals surface area contributed by atoms with E-state index < -0.39 is 29.3 Å². The van der Waals surface area contributed by atoms with Gasteiger partial charge >= 0.3 is 12.0 Å². The van der Waals surface area contributed by atoms with E-state index in [0.717, 1.165) is 18.2 Å². The van der Waals surface area contributed by atoms with Crippen molar-refractivity contribution in [2.75, 3.05) is 11.9 Å². The Bertz CT molecular complexity index is 568.